The van der Waals surface area contributed by atoms with Crippen LogP contribution in [0.25, 0.3) is 10.6 Å². The first-order valence-electron chi connectivity index (χ1n) is 9.37. The number of hydrogen-bond donors (Lipinski definition) is 1. The number of carbonyl (C=O) groups excluding carboxylic acids is 1. The minimum Gasteiger partial charge on any atom is -0.342 e. The fraction of sp³-hybridized carbons (Fsp3) is 0.421. The molecule has 28 heavy (non-hydrogen) atoms. The van der Waals surface area contributed by atoms with Crippen molar-refractivity contribution >= 4 is 17.2 Å². The highest BCUT2D eigenvalue weighted by Gasteiger charge is 2.27. The maximum absolute atomic E-state index is 12.8. The van der Waals surface area contributed by atoms with Crippen LogP contribution in [0.3, 0.4) is 0 Å². The Kier molecular flexibility index (Phi) is 5.34. The molecule has 1 aliphatic heterocycles. The Morgan fingerprint density at radius 2 is 2.36 bits per heavy atom. The van der Waals surface area contributed by atoms with E-state index in [-0.39, 0.29) is 23.4 Å². The van der Waals surface area contributed by atoms with E-state index in [1.807, 2.05) is 29.3 Å². The van der Waals surface area contributed by atoms with Crippen LogP contribution in [0, 0.1) is 0 Å². The Morgan fingerprint density at radius 3 is 3.11 bits per heavy atom. The van der Waals surface area contributed by atoms with Crippen molar-refractivity contribution in [2.45, 2.75) is 38.1 Å². The summed E-state index contributed by atoms with van der Waals surface area (Å²) < 4.78 is 1.70. The summed E-state index contributed by atoms with van der Waals surface area (Å²) in [5.74, 6) is 0.786. The van der Waals surface area contributed by atoms with Crippen LogP contribution >= 0.6 is 11.3 Å². The molecular weight excluding hydrogens is 376 g/mol. The predicted octanol–water partition coefficient (Wildman–Crippen LogP) is 2.45. The molecule has 0 bridgehead atoms. The van der Waals surface area contributed by atoms with Crippen molar-refractivity contribution in [3.63, 3.8) is 0 Å². The third kappa shape index (κ3) is 4.04. The number of thiophene rings is 1. The topological polar surface area (TPSA) is 96.8 Å². The van der Waals surface area contributed by atoms with Crippen molar-refractivity contribution in [2.75, 3.05) is 13.1 Å². The summed E-state index contributed by atoms with van der Waals surface area (Å²) in [5.41, 5.74) is 0.536. The maximum atomic E-state index is 12.8. The summed E-state index contributed by atoms with van der Waals surface area (Å²) in [6, 6.07) is 5.38. The van der Waals surface area contributed by atoms with Crippen LogP contribution in [0.1, 0.15) is 44.0 Å². The van der Waals surface area contributed by atoms with Crippen LogP contribution in [0.5, 0.6) is 0 Å². The molecule has 4 rings (SSSR count). The van der Waals surface area contributed by atoms with E-state index in [0.29, 0.717) is 24.5 Å². The van der Waals surface area contributed by atoms with Crippen LogP contribution in [-0.2, 0) is 4.79 Å². The maximum Gasteiger partial charge on any atom is 0.251 e. The molecule has 2 atom stereocenters. The standard InChI is InChI=1S/C19H22N6O2S/c1-13(25-12-20-11-21-25)8-18(27)24-6-2-4-14(10-24)19-22-15(9-17(26)23-19)16-5-3-7-28-16/h3,5,7,9,11-14H,2,4,6,8,10H2,1H3,(H,22,23,26)/t13-,14+/m1/s1. The summed E-state index contributed by atoms with van der Waals surface area (Å²) in [5, 5.41) is 6.07. The van der Waals surface area contributed by atoms with Crippen LogP contribution in [0.4, 0.5) is 0 Å². The summed E-state index contributed by atoms with van der Waals surface area (Å²) in [4.78, 5) is 39.3. The molecule has 1 amide bonds. The van der Waals surface area contributed by atoms with Crippen molar-refractivity contribution in [1.82, 2.24) is 29.6 Å². The largest absolute Gasteiger partial charge is 0.342 e. The number of hydrogen-bond acceptors (Lipinski definition) is 6. The first-order valence-corrected chi connectivity index (χ1v) is 10.2. The molecule has 4 heterocycles. The van der Waals surface area contributed by atoms with Gasteiger partial charge in [-0.2, -0.15) is 5.10 Å². The quantitative estimate of drug-likeness (QED) is 0.712. The van der Waals surface area contributed by atoms with E-state index in [1.54, 1.807) is 22.3 Å². The number of amides is 1. The monoisotopic (exact) mass is 398 g/mol. The number of aromatic amines is 1. The van der Waals surface area contributed by atoms with Gasteiger partial charge in [-0.15, -0.1) is 11.3 Å². The highest BCUT2D eigenvalue weighted by atomic mass is 32.1. The van der Waals surface area contributed by atoms with Gasteiger partial charge in [0, 0.05) is 31.5 Å². The van der Waals surface area contributed by atoms with Crippen LogP contribution in [0.2, 0.25) is 0 Å². The normalized spacial score (nSPS) is 18.2. The molecule has 0 unspecified atom stereocenters. The molecule has 1 N–H and O–H groups in total. The first kappa shape index (κ1) is 18.5. The third-order valence-corrected chi connectivity index (χ3v) is 5.95. The number of carbonyl (C=O) groups is 1. The number of piperidine rings is 1. The van der Waals surface area contributed by atoms with Crippen LogP contribution in [0.15, 0.2) is 41.0 Å². The Labute approximate surface area is 166 Å². The molecule has 1 saturated heterocycles. The molecule has 0 aromatic carbocycles. The number of H-pyrrole nitrogens is 1. The molecule has 3 aromatic rings. The molecule has 0 spiro atoms. The lowest BCUT2D eigenvalue weighted by Gasteiger charge is -2.33. The average molecular weight is 398 g/mol. The van der Waals surface area contributed by atoms with E-state index in [4.69, 9.17) is 0 Å². The molecule has 0 aliphatic carbocycles. The van der Waals surface area contributed by atoms with Gasteiger partial charge in [0.15, 0.2) is 0 Å². The van der Waals surface area contributed by atoms with Gasteiger partial charge in [-0.25, -0.2) is 14.6 Å². The van der Waals surface area contributed by atoms with E-state index >= 15 is 0 Å². The van der Waals surface area contributed by atoms with E-state index in [0.717, 1.165) is 24.3 Å². The van der Waals surface area contributed by atoms with Crippen molar-refractivity contribution in [3.8, 4) is 10.6 Å². The number of rotatable bonds is 5. The lowest BCUT2D eigenvalue weighted by Crippen LogP contribution is -2.40. The molecular formula is C19H22N6O2S. The molecule has 0 saturated carbocycles. The Balaban J connectivity index is 1.48. The van der Waals surface area contributed by atoms with Gasteiger partial charge in [0.2, 0.25) is 5.91 Å². The zero-order chi connectivity index (χ0) is 19.5. The van der Waals surface area contributed by atoms with Crippen molar-refractivity contribution in [2.24, 2.45) is 0 Å². The average Bonchev–Trinajstić information content (AvgIpc) is 3.41. The van der Waals surface area contributed by atoms with Gasteiger partial charge in [-0.3, -0.25) is 9.59 Å². The Morgan fingerprint density at radius 1 is 1.46 bits per heavy atom. The Bertz CT molecular complexity index is 982. The van der Waals surface area contributed by atoms with Crippen molar-refractivity contribution in [3.05, 3.63) is 52.4 Å². The first-order chi connectivity index (χ1) is 13.6. The van der Waals surface area contributed by atoms with Crippen molar-refractivity contribution < 1.29 is 4.79 Å². The van der Waals surface area contributed by atoms with Crippen molar-refractivity contribution in [1.29, 1.82) is 0 Å². The number of nitrogens with one attached hydrogen (secondary N) is 1. The highest BCUT2D eigenvalue weighted by Crippen LogP contribution is 2.27. The lowest BCUT2D eigenvalue weighted by molar-refractivity contribution is -0.133. The summed E-state index contributed by atoms with van der Waals surface area (Å²) in [7, 11) is 0. The summed E-state index contributed by atoms with van der Waals surface area (Å²) >= 11 is 1.56. The number of likely N-dealkylation sites (tertiary alicyclic amines) is 1. The number of aromatic nitrogens is 5. The SMILES string of the molecule is C[C@H](CC(=O)N1CCC[C@H](c2nc(-c3cccs3)cc(=O)[nH]2)C1)n1cncn1. The minimum absolute atomic E-state index is 0.0342. The van der Waals surface area contributed by atoms with Gasteiger partial charge in [0.25, 0.3) is 5.56 Å². The van der Waals surface area contributed by atoms with Crippen LogP contribution in [-0.4, -0.2) is 48.6 Å². The smallest absolute Gasteiger partial charge is 0.251 e. The fourth-order valence-corrected chi connectivity index (χ4v) is 4.25. The third-order valence-electron chi connectivity index (χ3n) is 5.05. The minimum atomic E-state index is -0.156. The lowest BCUT2D eigenvalue weighted by atomic mass is 9.96. The van der Waals surface area contributed by atoms with Gasteiger partial charge in [0.05, 0.1) is 16.6 Å². The molecule has 9 heteroatoms. The van der Waals surface area contributed by atoms with Gasteiger partial charge in [0.1, 0.15) is 18.5 Å². The fourth-order valence-electron chi connectivity index (χ4n) is 3.57. The predicted molar refractivity (Wildman–Crippen MR) is 106 cm³/mol. The number of nitrogens with zero attached hydrogens (tertiary/aromatic N) is 5. The van der Waals surface area contributed by atoms with Gasteiger partial charge in [-0.05, 0) is 31.2 Å². The zero-order valence-electron chi connectivity index (χ0n) is 15.6. The van der Waals surface area contributed by atoms with Gasteiger partial charge < -0.3 is 9.88 Å². The van der Waals surface area contributed by atoms with E-state index in [1.165, 1.54) is 12.4 Å². The van der Waals surface area contributed by atoms with Crippen LogP contribution < -0.4 is 5.56 Å². The second-order valence-electron chi connectivity index (χ2n) is 7.10. The second-order valence-corrected chi connectivity index (χ2v) is 8.05. The van der Waals surface area contributed by atoms with E-state index < -0.39 is 0 Å². The summed E-state index contributed by atoms with van der Waals surface area (Å²) in [6.07, 6.45) is 5.26. The van der Waals surface area contributed by atoms with E-state index in [2.05, 4.69) is 20.1 Å². The summed E-state index contributed by atoms with van der Waals surface area (Å²) in [6.45, 7) is 3.26. The van der Waals surface area contributed by atoms with Gasteiger partial charge >= 0.3 is 0 Å². The van der Waals surface area contributed by atoms with E-state index in [9.17, 15) is 9.59 Å². The Hall–Kier alpha value is -2.81. The van der Waals surface area contributed by atoms with Gasteiger partial charge in [-0.1, -0.05) is 6.07 Å². The molecule has 8 nitrogen and oxygen atoms in total. The zero-order valence-corrected chi connectivity index (χ0v) is 16.4. The second kappa shape index (κ2) is 8.05. The molecule has 146 valence electrons. The highest BCUT2D eigenvalue weighted by molar-refractivity contribution is 7.13. The molecule has 1 aliphatic rings. The molecule has 1 fully saturated rings. The molecule has 0 radical (unpaired) electrons. The molecule has 3 aromatic heterocycles.